The lowest BCUT2D eigenvalue weighted by atomic mass is 10.1. The van der Waals surface area contributed by atoms with Crippen LogP contribution < -0.4 is 14.8 Å². The van der Waals surface area contributed by atoms with E-state index in [2.05, 4.69) is 9.47 Å². The average molecular weight is 373 g/mol. The van der Waals surface area contributed by atoms with Crippen molar-refractivity contribution in [2.45, 2.75) is 12.7 Å². The van der Waals surface area contributed by atoms with Gasteiger partial charge in [0.25, 0.3) is 11.1 Å². The van der Waals surface area contributed by atoms with Crippen LogP contribution >= 0.6 is 11.8 Å². The van der Waals surface area contributed by atoms with Crippen LogP contribution in [-0.4, -0.2) is 23.9 Å². The first kappa shape index (κ1) is 18.0. The predicted octanol–water partition coefficient (Wildman–Crippen LogP) is 3.81. The Morgan fingerprint density at radius 1 is 0.958 bits per heavy atom. The van der Waals surface area contributed by atoms with Crippen molar-refractivity contribution in [2.75, 3.05) is 0 Å². The third kappa shape index (κ3) is 4.81. The van der Waals surface area contributed by atoms with Gasteiger partial charge in [-0.15, -0.1) is 26.3 Å². The number of carbonyl (C=O) groups is 2. The molecule has 1 aromatic rings. The van der Waals surface area contributed by atoms with Crippen molar-refractivity contribution in [3.8, 4) is 11.5 Å². The number of rotatable bonds is 3. The van der Waals surface area contributed by atoms with Crippen molar-refractivity contribution in [3.05, 3.63) is 28.7 Å². The first-order valence-electron chi connectivity index (χ1n) is 5.84. The zero-order valence-corrected chi connectivity index (χ0v) is 11.9. The van der Waals surface area contributed by atoms with E-state index in [1.807, 2.05) is 5.32 Å². The van der Waals surface area contributed by atoms with Gasteiger partial charge in [0.05, 0.1) is 10.5 Å². The smallest absolute Gasteiger partial charge is 0.405 e. The van der Waals surface area contributed by atoms with E-state index < -0.39 is 45.8 Å². The summed E-state index contributed by atoms with van der Waals surface area (Å²) in [4.78, 5) is 22.1. The van der Waals surface area contributed by atoms with Gasteiger partial charge in [0.15, 0.2) is 0 Å². The Morgan fingerprint density at radius 2 is 1.46 bits per heavy atom. The number of alkyl halides is 6. The van der Waals surface area contributed by atoms with Gasteiger partial charge in [-0.1, -0.05) is 6.07 Å². The highest BCUT2D eigenvalue weighted by Gasteiger charge is 2.36. The minimum absolute atomic E-state index is 0.310. The molecule has 1 fully saturated rings. The number of nitrogens with one attached hydrogen (secondary N) is 1. The van der Waals surface area contributed by atoms with Crippen LogP contribution in [0.2, 0.25) is 0 Å². The van der Waals surface area contributed by atoms with Crippen LogP contribution in [0.3, 0.4) is 0 Å². The van der Waals surface area contributed by atoms with E-state index in [-0.39, 0.29) is 0 Å². The predicted molar refractivity (Wildman–Crippen MR) is 68.9 cm³/mol. The molecule has 12 heteroatoms. The van der Waals surface area contributed by atoms with E-state index in [0.717, 1.165) is 18.2 Å². The summed E-state index contributed by atoms with van der Waals surface area (Å²) in [6.07, 6.45) is -9.73. The Kier molecular flexibility index (Phi) is 4.69. The lowest BCUT2D eigenvalue weighted by molar-refractivity contribution is -0.276. The quantitative estimate of drug-likeness (QED) is 0.645. The number of halogens is 6. The summed E-state index contributed by atoms with van der Waals surface area (Å²) in [5.74, 6) is -3.02. The largest absolute Gasteiger partial charge is 0.573 e. The maximum atomic E-state index is 12.4. The summed E-state index contributed by atoms with van der Waals surface area (Å²) in [5.41, 5.74) is -0.792. The molecule has 130 valence electrons. The molecular weight excluding hydrogens is 368 g/mol. The third-order valence-corrected chi connectivity index (χ3v) is 3.21. The van der Waals surface area contributed by atoms with E-state index in [9.17, 15) is 35.9 Å². The fourth-order valence-corrected chi connectivity index (χ4v) is 2.31. The highest BCUT2D eigenvalue weighted by Crippen LogP contribution is 2.38. The van der Waals surface area contributed by atoms with Crippen LogP contribution in [0, 0.1) is 0 Å². The third-order valence-electron chi connectivity index (χ3n) is 2.39. The zero-order valence-electron chi connectivity index (χ0n) is 11.1. The van der Waals surface area contributed by atoms with Crippen LogP contribution in [0.15, 0.2) is 23.1 Å². The molecule has 0 unspecified atom stereocenters. The highest BCUT2D eigenvalue weighted by atomic mass is 32.2. The van der Waals surface area contributed by atoms with Gasteiger partial charge in [-0.3, -0.25) is 14.9 Å². The SMILES string of the molecule is O=C1NC(=O)C(=Cc2c(OC(F)(F)F)cccc2OC(F)(F)F)S1. The monoisotopic (exact) mass is 373 g/mol. The molecule has 1 aromatic carbocycles. The van der Waals surface area contributed by atoms with Gasteiger partial charge in [0, 0.05) is 0 Å². The molecule has 0 saturated carbocycles. The van der Waals surface area contributed by atoms with E-state index in [4.69, 9.17) is 0 Å². The van der Waals surface area contributed by atoms with Crippen molar-refractivity contribution in [2.24, 2.45) is 0 Å². The molecule has 0 atom stereocenters. The number of thioether (sulfide) groups is 1. The average Bonchev–Trinajstić information content (AvgIpc) is 2.68. The van der Waals surface area contributed by atoms with Crippen LogP contribution in [0.25, 0.3) is 6.08 Å². The van der Waals surface area contributed by atoms with Crippen molar-refractivity contribution in [3.63, 3.8) is 0 Å². The van der Waals surface area contributed by atoms with Crippen molar-refractivity contribution in [1.82, 2.24) is 5.32 Å². The fraction of sp³-hybridized carbons (Fsp3) is 0.167. The second-order valence-corrected chi connectivity index (χ2v) is 5.13. The molecule has 0 aliphatic carbocycles. The van der Waals surface area contributed by atoms with Gasteiger partial charge < -0.3 is 9.47 Å². The highest BCUT2D eigenvalue weighted by molar-refractivity contribution is 8.18. The minimum Gasteiger partial charge on any atom is -0.405 e. The number of amides is 2. The topological polar surface area (TPSA) is 64.6 Å². The second-order valence-electron chi connectivity index (χ2n) is 4.12. The molecule has 0 bridgehead atoms. The molecule has 0 radical (unpaired) electrons. The summed E-state index contributed by atoms with van der Waals surface area (Å²) in [6, 6.07) is 2.32. The van der Waals surface area contributed by atoms with Crippen LogP contribution in [0.4, 0.5) is 31.1 Å². The molecule has 1 N–H and O–H groups in total. The summed E-state index contributed by atoms with van der Waals surface area (Å²) in [7, 11) is 0. The second kappa shape index (κ2) is 6.26. The molecule has 2 rings (SSSR count). The van der Waals surface area contributed by atoms with E-state index in [0.29, 0.717) is 17.8 Å². The summed E-state index contributed by atoms with van der Waals surface area (Å²) < 4.78 is 81.7. The molecule has 1 heterocycles. The van der Waals surface area contributed by atoms with Gasteiger partial charge in [0.2, 0.25) is 0 Å². The molecule has 0 aromatic heterocycles. The minimum atomic E-state index is -5.19. The Hall–Kier alpha value is -2.37. The number of carbonyl (C=O) groups excluding carboxylic acids is 2. The van der Waals surface area contributed by atoms with Crippen LogP contribution in [-0.2, 0) is 4.79 Å². The molecule has 5 nitrogen and oxygen atoms in total. The number of imide groups is 1. The molecule has 2 amide bonds. The maximum Gasteiger partial charge on any atom is 0.573 e. The Bertz CT molecular complexity index is 678. The van der Waals surface area contributed by atoms with Crippen molar-refractivity contribution >= 4 is 29.0 Å². The Balaban J connectivity index is 2.53. The van der Waals surface area contributed by atoms with Gasteiger partial charge in [-0.25, -0.2) is 0 Å². The molecular formula is C12H5F6NO4S. The van der Waals surface area contributed by atoms with E-state index in [1.165, 1.54) is 0 Å². The van der Waals surface area contributed by atoms with Crippen molar-refractivity contribution < 1.29 is 45.4 Å². The van der Waals surface area contributed by atoms with Gasteiger partial charge in [-0.2, -0.15) is 0 Å². The Morgan fingerprint density at radius 3 is 1.83 bits per heavy atom. The normalized spacial score (nSPS) is 17.2. The number of ether oxygens (including phenoxy) is 2. The van der Waals surface area contributed by atoms with E-state index >= 15 is 0 Å². The maximum absolute atomic E-state index is 12.4. The zero-order chi connectivity index (χ0) is 18.1. The fourth-order valence-electron chi connectivity index (χ4n) is 1.65. The number of benzene rings is 1. The summed E-state index contributed by atoms with van der Waals surface area (Å²) >= 11 is 0.310. The summed E-state index contributed by atoms with van der Waals surface area (Å²) in [5, 5.41) is 0.993. The first-order chi connectivity index (χ1) is 10.9. The molecule has 24 heavy (non-hydrogen) atoms. The lowest BCUT2D eigenvalue weighted by Gasteiger charge is -2.16. The van der Waals surface area contributed by atoms with Gasteiger partial charge >= 0.3 is 12.7 Å². The van der Waals surface area contributed by atoms with E-state index in [1.54, 1.807) is 0 Å². The standard InChI is InChI=1S/C12H5F6NO4S/c13-11(14,15)22-6-2-1-3-7(23-12(16,17)18)5(6)4-8-9(20)19-10(21)24-8/h1-4H,(H,19,20,21). The summed E-state index contributed by atoms with van der Waals surface area (Å²) in [6.45, 7) is 0. The molecule has 1 aliphatic heterocycles. The van der Waals surface area contributed by atoms with Crippen LogP contribution in [0.5, 0.6) is 11.5 Å². The van der Waals surface area contributed by atoms with Gasteiger partial charge in [-0.05, 0) is 30.0 Å². The van der Waals surface area contributed by atoms with Gasteiger partial charge in [0.1, 0.15) is 11.5 Å². The Labute approximate surface area is 133 Å². The number of hydrogen-bond donors (Lipinski definition) is 1. The molecule has 0 spiro atoms. The lowest BCUT2D eigenvalue weighted by Crippen LogP contribution is -2.20. The van der Waals surface area contributed by atoms with Crippen molar-refractivity contribution in [1.29, 1.82) is 0 Å². The number of hydrogen-bond acceptors (Lipinski definition) is 5. The molecule has 1 aliphatic rings. The first-order valence-corrected chi connectivity index (χ1v) is 6.65. The molecule has 1 saturated heterocycles. The van der Waals surface area contributed by atoms with Crippen LogP contribution in [0.1, 0.15) is 5.56 Å².